The molecule has 3 heterocycles. The number of methoxy groups -OCH3 is 4. The Labute approximate surface area is 354 Å². The molecule has 1 fully saturated rings. The molecule has 9 rings (SSSR count). The number of benzene rings is 4. The summed E-state index contributed by atoms with van der Waals surface area (Å²) in [5, 5.41) is 10.8. The Bertz CT molecular complexity index is 3040. The highest BCUT2D eigenvalue weighted by Gasteiger charge is 2.64. The van der Waals surface area contributed by atoms with Crippen molar-refractivity contribution in [2.45, 2.75) is 43.3 Å². The van der Waals surface area contributed by atoms with E-state index >= 15 is 9.59 Å². The molecular weight excluding hydrogens is 795 g/mol. The van der Waals surface area contributed by atoms with Crippen molar-refractivity contribution < 1.29 is 33.6 Å². The first kappa shape index (κ1) is 40.0. The molecule has 0 radical (unpaired) electrons. The lowest BCUT2D eigenvalue weighted by molar-refractivity contribution is -0.133. The second kappa shape index (κ2) is 15.2. The van der Waals surface area contributed by atoms with Crippen LogP contribution < -0.4 is 35.9 Å². The second-order valence-electron chi connectivity index (χ2n) is 15.6. The predicted molar refractivity (Wildman–Crippen MR) is 228 cm³/mol. The standard InChI is InChI=1S/C47H43N5O10/c1-49-35-25-37(60-3)36(59-2)24-33(35)48-32(44(49)56)17-18-50-45(57)51-19-16-29-34(52(51)46(50)58)23-31-43(55)30(26-12-8-6-9-13-26)22-40(54)47(31,27-14-10-7-11-15-27)42(29)41-38(61-4)20-28(53)21-39(41)62-5/h6-16,20-22,24-25,31,34,42,53H,17-19,23H2,1-5H3/t31-,34+,42+,47-/m0/s1. The van der Waals surface area contributed by atoms with Gasteiger partial charge in [0, 0.05) is 67.3 Å². The number of Topliss-reactive ketones (excluding diaryl/α,β-unsaturated/α-hetero) is 1. The number of carbonyl (C=O) groups is 2. The molecule has 1 saturated carbocycles. The van der Waals surface area contributed by atoms with E-state index in [0.717, 1.165) is 4.57 Å². The van der Waals surface area contributed by atoms with Gasteiger partial charge in [0.25, 0.3) is 5.56 Å². The number of aryl methyl sites for hydroxylation is 2. The van der Waals surface area contributed by atoms with Gasteiger partial charge in [-0.1, -0.05) is 66.7 Å². The molecule has 15 nitrogen and oxygen atoms in total. The Morgan fingerprint density at radius 3 is 2.06 bits per heavy atom. The number of fused-ring (bicyclic) bond motifs is 5. The SMILES string of the molecule is COc1cc2nc(CCn3c(=O)n4n(c3=O)[C@@H]3C[C@H]5C(=O)C(c6ccccc6)=CC(=O)[C@@]5(c5ccccc5)[C@@H](c5c(OC)cc(O)cc5OC)C3=CC4)c(=O)n(C)c2cc1OC. The number of phenolic OH excluding ortho intramolecular Hbond substituents is 1. The average Bonchev–Trinajstić information content (AvgIpc) is 3.54. The molecule has 62 heavy (non-hydrogen) atoms. The van der Waals surface area contributed by atoms with Crippen molar-refractivity contribution in [1.29, 1.82) is 0 Å². The molecule has 316 valence electrons. The first-order valence-corrected chi connectivity index (χ1v) is 20.1. The van der Waals surface area contributed by atoms with Crippen LogP contribution in [-0.4, -0.2) is 68.6 Å². The number of aromatic nitrogens is 5. The smallest absolute Gasteiger partial charge is 0.347 e. The topological polar surface area (TPSA) is 175 Å². The van der Waals surface area contributed by atoms with Gasteiger partial charge in [0.05, 0.1) is 57.5 Å². The van der Waals surface area contributed by atoms with Crippen molar-refractivity contribution in [2.75, 3.05) is 28.4 Å². The Morgan fingerprint density at radius 2 is 1.42 bits per heavy atom. The summed E-state index contributed by atoms with van der Waals surface area (Å²) in [4.78, 5) is 78.1. The predicted octanol–water partition coefficient (Wildman–Crippen LogP) is 4.50. The van der Waals surface area contributed by atoms with Crippen molar-refractivity contribution in [3.05, 3.63) is 156 Å². The molecule has 0 amide bonds. The fourth-order valence-electron chi connectivity index (χ4n) is 9.99. The lowest BCUT2D eigenvalue weighted by Gasteiger charge is -2.54. The molecule has 2 aliphatic carbocycles. The molecule has 1 aliphatic heterocycles. The number of hydrogen-bond acceptors (Lipinski definition) is 11. The molecule has 3 aliphatic rings. The fourth-order valence-corrected chi connectivity index (χ4v) is 9.99. The highest BCUT2D eigenvalue weighted by atomic mass is 16.5. The highest BCUT2D eigenvalue weighted by Crippen LogP contribution is 2.63. The van der Waals surface area contributed by atoms with Gasteiger partial charge in [-0.3, -0.25) is 14.4 Å². The van der Waals surface area contributed by atoms with Gasteiger partial charge in [0.15, 0.2) is 23.1 Å². The van der Waals surface area contributed by atoms with E-state index in [1.54, 1.807) is 43.4 Å². The molecule has 0 unspecified atom stereocenters. The number of phenols is 1. The van der Waals surface area contributed by atoms with Crippen LogP contribution in [0.1, 0.15) is 40.8 Å². The van der Waals surface area contributed by atoms with Crippen LogP contribution in [0.25, 0.3) is 16.6 Å². The van der Waals surface area contributed by atoms with E-state index < -0.39 is 40.2 Å². The fraction of sp³-hybridized carbons (Fsp3) is 0.277. The summed E-state index contributed by atoms with van der Waals surface area (Å²) >= 11 is 0. The number of hydrogen-bond donors (Lipinski definition) is 1. The third kappa shape index (κ3) is 5.85. The monoisotopic (exact) mass is 837 g/mol. The van der Waals surface area contributed by atoms with E-state index in [1.807, 2.05) is 42.5 Å². The van der Waals surface area contributed by atoms with Gasteiger partial charge in [0.1, 0.15) is 22.9 Å². The zero-order valence-electron chi connectivity index (χ0n) is 34.7. The van der Waals surface area contributed by atoms with Crippen molar-refractivity contribution in [3.63, 3.8) is 0 Å². The van der Waals surface area contributed by atoms with Gasteiger partial charge < -0.3 is 28.6 Å². The number of allylic oxidation sites excluding steroid dienone is 4. The second-order valence-corrected chi connectivity index (χ2v) is 15.6. The lowest BCUT2D eigenvalue weighted by atomic mass is 9.47. The first-order chi connectivity index (χ1) is 30.0. The maximum Gasteiger partial charge on any atom is 0.347 e. The maximum absolute atomic E-state index is 15.4. The summed E-state index contributed by atoms with van der Waals surface area (Å²) in [5.74, 6) is -1.59. The molecule has 2 aromatic heterocycles. The van der Waals surface area contributed by atoms with Crippen molar-refractivity contribution >= 4 is 28.2 Å². The van der Waals surface area contributed by atoms with Gasteiger partial charge in [-0.15, -0.1) is 0 Å². The normalized spacial score (nSPS) is 20.4. The molecule has 4 aromatic carbocycles. The van der Waals surface area contributed by atoms with Gasteiger partial charge >= 0.3 is 11.4 Å². The Hall–Kier alpha value is -7.42. The van der Waals surface area contributed by atoms with Crippen molar-refractivity contribution in [1.82, 2.24) is 23.5 Å². The van der Waals surface area contributed by atoms with Crippen LogP contribution in [0, 0.1) is 5.92 Å². The molecule has 1 N–H and O–H groups in total. The lowest BCUT2D eigenvalue weighted by Crippen LogP contribution is -2.58. The summed E-state index contributed by atoms with van der Waals surface area (Å²) in [6, 6.07) is 23.3. The van der Waals surface area contributed by atoms with Gasteiger partial charge in [-0.25, -0.2) is 28.5 Å². The zero-order chi connectivity index (χ0) is 43.6. The third-order valence-electron chi connectivity index (χ3n) is 12.8. The van der Waals surface area contributed by atoms with Crippen LogP contribution in [0.15, 0.2) is 117 Å². The van der Waals surface area contributed by atoms with E-state index in [0.29, 0.717) is 44.8 Å². The summed E-state index contributed by atoms with van der Waals surface area (Å²) < 4.78 is 27.9. The van der Waals surface area contributed by atoms with Gasteiger partial charge in [0.2, 0.25) is 0 Å². The van der Waals surface area contributed by atoms with E-state index in [2.05, 4.69) is 4.98 Å². The molecular formula is C47H43N5O10. The van der Waals surface area contributed by atoms with Gasteiger partial charge in [-0.2, -0.15) is 0 Å². The maximum atomic E-state index is 15.4. The Kier molecular flexibility index (Phi) is 9.84. The Balaban J connectivity index is 1.22. The summed E-state index contributed by atoms with van der Waals surface area (Å²) in [5.41, 5.74) is 0.216. The number of nitrogens with zero attached hydrogens (tertiary/aromatic N) is 5. The molecule has 0 saturated heterocycles. The largest absolute Gasteiger partial charge is 0.508 e. The van der Waals surface area contributed by atoms with Crippen LogP contribution in [0.3, 0.4) is 0 Å². The third-order valence-corrected chi connectivity index (χ3v) is 12.8. The van der Waals surface area contributed by atoms with Crippen LogP contribution >= 0.6 is 0 Å². The van der Waals surface area contributed by atoms with Crippen molar-refractivity contribution in [3.8, 4) is 28.7 Å². The van der Waals surface area contributed by atoms with E-state index in [4.69, 9.17) is 18.9 Å². The number of ketones is 2. The van der Waals surface area contributed by atoms with Crippen LogP contribution in [0.2, 0.25) is 0 Å². The van der Waals surface area contributed by atoms with E-state index in [1.165, 1.54) is 60.6 Å². The average molecular weight is 838 g/mol. The highest BCUT2D eigenvalue weighted by molar-refractivity contribution is 6.31. The quantitative estimate of drug-likeness (QED) is 0.193. The van der Waals surface area contributed by atoms with Crippen LogP contribution in [-0.2, 0) is 41.6 Å². The van der Waals surface area contributed by atoms with Crippen molar-refractivity contribution in [2.24, 2.45) is 13.0 Å². The first-order valence-electron chi connectivity index (χ1n) is 20.1. The van der Waals surface area contributed by atoms with E-state index in [-0.39, 0.29) is 66.0 Å². The number of carbonyl (C=O) groups excluding carboxylic acids is 2. The molecule has 15 heteroatoms. The summed E-state index contributed by atoms with van der Waals surface area (Å²) in [7, 11) is 7.48. The van der Waals surface area contributed by atoms with Gasteiger partial charge in [-0.05, 0) is 29.2 Å². The minimum Gasteiger partial charge on any atom is -0.508 e. The summed E-state index contributed by atoms with van der Waals surface area (Å²) in [6.07, 6.45) is 3.19. The molecule has 4 atom stereocenters. The molecule has 6 aromatic rings. The minimum atomic E-state index is -1.58. The zero-order valence-corrected chi connectivity index (χ0v) is 34.7. The number of rotatable bonds is 10. The molecule has 0 bridgehead atoms. The number of ether oxygens (including phenoxy) is 4. The number of aromatic hydroxyl groups is 1. The summed E-state index contributed by atoms with van der Waals surface area (Å²) in [6.45, 7) is -0.223. The Morgan fingerprint density at radius 1 is 0.790 bits per heavy atom. The van der Waals surface area contributed by atoms with Crippen LogP contribution in [0.5, 0.6) is 28.7 Å². The minimum absolute atomic E-state index is 0.0177. The van der Waals surface area contributed by atoms with E-state index in [9.17, 15) is 19.5 Å². The van der Waals surface area contributed by atoms with Crippen LogP contribution in [0.4, 0.5) is 0 Å². The molecule has 0 spiro atoms.